The molecule has 1 N–H and O–H groups in total. The van der Waals surface area contributed by atoms with Gasteiger partial charge in [0.15, 0.2) is 11.5 Å². The van der Waals surface area contributed by atoms with E-state index in [9.17, 15) is 0 Å². The minimum atomic E-state index is 0.290. The van der Waals surface area contributed by atoms with Gasteiger partial charge in [-0.2, -0.15) is 0 Å². The summed E-state index contributed by atoms with van der Waals surface area (Å²) in [6.07, 6.45) is 5.77. The summed E-state index contributed by atoms with van der Waals surface area (Å²) in [7, 11) is 0. The Morgan fingerprint density at radius 3 is 2.91 bits per heavy atom. The molecular weight excluding hydrogens is 354 g/mol. The fourth-order valence-electron chi connectivity index (χ4n) is 4.00. The van der Waals surface area contributed by atoms with Crippen LogP contribution < -0.4 is 14.8 Å². The summed E-state index contributed by atoms with van der Waals surface area (Å²) in [4.78, 5) is 0. The van der Waals surface area contributed by atoms with Crippen LogP contribution >= 0.6 is 15.9 Å². The second-order valence-corrected chi connectivity index (χ2v) is 7.24. The predicted molar refractivity (Wildman–Crippen MR) is 93.1 cm³/mol. The molecule has 0 radical (unpaired) electrons. The van der Waals surface area contributed by atoms with Crippen molar-refractivity contribution in [1.82, 2.24) is 0 Å². The van der Waals surface area contributed by atoms with E-state index >= 15 is 0 Å². The van der Waals surface area contributed by atoms with Crippen molar-refractivity contribution < 1.29 is 9.47 Å². The van der Waals surface area contributed by atoms with Crippen LogP contribution in [0.25, 0.3) is 0 Å². The molecule has 0 unspecified atom stereocenters. The number of nitrogens with one attached hydrogen (secondary N) is 1. The molecular formula is C19H16BrNO2. The Labute approximate surface area is 143 Å². The third kappa shape index (κ3) is 2.08. The molecule has 2 aliphatic heterocycles. The molecule has 2 heterocycles. The minimum absolute atomic E-state index is 0.290. The fraction of sp³-hybridized carbons (Fsp3) is 0.263. The maximum absolute atomic E-state index is 5.55. The van der Waals surface area contributed by atoms with Gasteiger partial charge in [-0.1, -0.05) is 34.1 Å². The normalized spacial score (nSPS) is 26.6. The quantitative estimate of drug-likeness (QED) is 0.717. The molecule has 3 atom stereocenters. The predicted octanol–water partition coefficient (Wildman–Crippen LogP) is 5.00. The van der Waals surface area contributed by atoms with Gasteiger partial charge in [-0.25, -0.2) is 0 Å². The van der Waals surface area contributed by atoms with Gasteiger partial charge < -0.3 is 14.8 Å². The summed E-state index contributed by atoms with van der Waals surface area (Å²) in [6, 6.07) is 13.1. The van der Waals surface area contributed by atoms with E-state index in [0.29, 0.717) is 18.6 Å². The zero-order valence-corrected chi connectivity index (χ0v) is 14.0. The molecule has 23 heavy (non-hydrogen) atoms. The van der Waals surface area contributed by atoms with Gasteiger partial charge in [-0.3, -0.25) is 0 Å². The molecule has 0 saturated heterocycles. The van der Waals surface area contributed by atoms with Gasteiger partial charge >= 0.3 is 0 Å². The zero-order chi connectivity index (χ0) is 15.4. The monoisotopic (exact) mass is 369 g/mol. The van der Waals surface area contributed by atoms with E-state index in [1.807, 2.05) is 6.07 Å². The fourth-order valence-corrected chi connectivity index (χ4v) is 4.38. The van der Waals surface area contributed by atoms with Crippen LogP contribution in [0, 0.1) is 5.92 Å². The molecule has 3 aliphatic rings. The molecule has 0 saturated carbocycles. The number of hydrogen-bond acceptors (Lipinski definition) is 3. The molecule has 3 nitrogen and oxygen atoms in total. The topological polar surface area (TPSA) is 30.5 Å². The van der Waals surface area contributed by atoms with Crippen molar-refractivity contribution in [3.8, 4) is 11.5 Å². The number of ether oxygens (including phenoxy) is 2. The lowest BCUT2D eigenvalue weighted by atomic mass is 9.77. The maximum Gasteiger partial charge on any atom is 0.231 e. The summed E-state index contributed by atoms with van der Waals surface area (Å²) in [5.74, 6) is 2.71. The molecule has 0 amide bonds. The van der Waals surface area contributed by atoms with E-state index < -0.39 is 0 Å². The molecule has 1 aliphatic carbocycles. The van der Waals surface area contributed by atoms with Gasteiger partial charge in [0.1, 0.15) is 0 Å². The number of allylic oxidation sites excluding steroid dienone is 2. The Balaban J connectivity index is 1.58. The Kier molecular flexibility index (Phi) is 2.95. The van der Waals surface area contributed by atoms with Crippen LogP contribution in [0.15, 0.2) is 53.0 Å². The molecule has 2 aromatic rings. The van der Waals surface area contributed by atoms with Gasteiger partial charge in [0.05, 0.1) is 6.04 Å². The third-order valence-corrected chi connectivity index (χ3v) is 5.57. The minimum Gasteiger partial charge on any atom is -0.454 e. The molecule has 0 aromatic heterocycles. The molecule has 4 heteroatoms. The smallest absolute Gasteiger partial charge is 0.231 e. The lowest BCUT2D eigenvalue weighted by molar-refractivity contribution is 0.174. The van der Waals surface area contributed by atoms with E-state index in [0.717, 1.165) is 22.4 Å². The summed E-state index contributed by atoms with van der Waals surface area (Å²) in [6.45, 7) is 0.321. The maximum atomic E-state index is 5.55. The number of rotatable bonds is 1. The zero-order valence-electron chi connectivity index (χ0n) is 12.5. The standard InChI is InChI=1S/C19H16BrNO2/c20-12-5-6-16-15(9-12)13-2-1-3-14(13)19(21-16)11-4-7-17-18(8-11)23-10-22-17/h1-2,4-9,13-14,19,21H,3,10H2/t13-,14+,19+/m1/s1. The summed E-state index contributed by atoms with van der Waals surface area (Å²) < 4.78 is 12.1. The van der Waals surface area contributed by atoms with Crippen LogP contribution in [0.3, 0.4) is 0 Å². The van der Waals surface area contributed by atoms with Gasteiger partial charge in [-0.05, 0) is 53.8 Å². The largest absolute Gasteiger partial charge is 0.454 e. The SMILES string of the molecule is Brc1ccc2c(c1)[C@@H]1C=CC[C@@H]1[C@H](c1ccc3c(c1)OCO3)N2. The first-order valence-corrected chi connectivity index (χ1v) is 8.71. The van der Waals surface area contributed by atoms with E-state index in [1.54, 1.807) is 0 Å². The number of anilines is 1. The highest BCUT2D eigenvalue weighted by atomic mass is 79.9. The summed E-state index contributed by atoms with van der Waals surface area (Å²) in [5.41, 5.74) is 3.88. The summed E-state index contributed by atoms with van der Waals surface area (Å²) in [5, 5.41) is 3.75. The van der Waals surface area contributed by atoms with Crippen molar-refractivity contribution in [2.75, 3.05) is 12.1 Å². The molecule has 0 fully saturated rings. The van der Waals surface area contributed by atoms with E-state index in [4.69, 9.17) is 9.47 Å². The van der Waals surface area contributed by atoms with E-state index in [-0.39, 0.29) is 6.04 Å². The Bertz CT molecular complexity index is 817. The molecule has 0 spiro atoms. The van der Waals surface area contributed by atoms with Crippen molar-refractivity contribution in [2.45, 2.75) is 18.4 Å². The lowest BCUT2D eigenvalue weighted by Crippen LogP contribution is -2.29. The van der Waals surface area contributed by atoms with E-state index in [2.05, 4.69) is 63.7 Å². The Hall–Kier alpha value is -1.94. The molecule has 0 bridgehead atoms. The highest BCUT2D eigenvalue weighted by Crippen LogP contribution is 2.51. The van der Waals surface area contributed by atoms with Crippen molar-refractivity contribution in [2.24, 2.45) is 5.92 Å². The van der Waals surface area contributed by atoms with Crippen molar-refractivity contribution >= 4 is 21.6 Å². The second kappa shape index (κ2) is 5.03. The first kappa shape index (κ1) is 13.5. The van der Waals surface area contributed by atoms with Crippen LogP contribution in [0.2, 0.25) is 0 Å². The number of halogens is 1. The highest BCUT2D eigenvalue weighted by Gasteiger charge is 2.38. The van der Waals surface area contributed by atoms with Gasteiger partial charge in [0, 0.05) is 16.1 Å². The second-order valence-electron chi connectivity index (χ2n) is 6.32. The van der Waals surface area contributed by atoms with Crippen LogP contribution in [0.1, 0.15) is 29.5 Å². The van der Waals surface area contributed by atoms with E-state index in [1.165, 1.54) is 16.8 Å². The molecule has 5 rings (SSSR count). The van der Waals surface area contributed by atoms with Gasteiger partial charge in [0.25, 0.3) is 0 Å². The first-order chi connectivity index (χ1) is 11.3. The highest BCUT2D eigenvalue weighted by molar-refractivity contribution is 9.10. The Morgan fingerprint density at radius 1 is 1.04 bits per heavy atom. The average molecular weight is 370 g/mol. The van der Waals surface area contributed by atoms with Crippen molar-refractivity contribution in [1.29, 1.82) is 0 Å². The average Bonchev–Trinajstić information content (AvgIpc) is 3.22. The van der Waals surface area contributed by atoms with Crippen LogP contribution in [-0.4, -0.2) is 6.79 Å². The molecule has 116 valence electrons. The van der Waals surface area contributed by atoms with Gasteiger partial charge in [0.2, 0.25) is 6.79 Å². The molecule has 2 aromatic carbocycles. The number of benzene rings is 2. The number of fused-ring (bicyclic) bond motifs is 4. The van der Waals surface area contributed by atoms with Crippen LogP contribution in [0.4, 0.5) is 5.69 Å². The third-order valence-electron chi connectivity index (χ3n) is 5.08. The van der Waals surface area contributed by atoms with Gasteiger partial charge in [-0.15, -0.1) is 0 Å². The first-order valence-electron chi connectivity index (χ1n) is 7.92. The lowest BCUT2D eigenvalue weighted by Gasteiger charge is -2.37. The van der Waals surface area contributed by atoms with Crippen LogP contribution in [-0.2, 0) is 0 Å². The van der Waals surface area contributed by atoms with Crippen molar-refractivity contribution in [3.05, 3.63) is 64.1 Å². The number of hydrogen-bond donors (Lipinski definition) is 1. The summed E-state index contributed by atoms with van der Waals surface area (Å²) >= 11 is 3.60. The van der Waals surface area contributed by atoms with Crippen LogP contribution in [0.5, 0.6) is 11.5 Å². The van der Waals surface area contributed by atoms with Crippen molar-refractivity contribution in [3.63, 3.8) is 0 Å². The Morgan fingerprint density at radius 2 is 1.96 bits per heavy atom.